The van der Waals surface area contributed by atoms with Crippen LogP contribution in [0.5, 0.6) is 0 Å². The number of carbonyl (C=O) groups excluding carboxylic acids is 1. The Hall–Kier alpha value is -1.71. The van der Waals surface area contributed by atoms with E-state index in [2.05, 4.69) is 15.3 Å². The van der Waals surface area contributed by atoms with Crippen molar-refractivity contribution in [3.05, 3.63) is 44.8 Å². The number of azide groups is 1. The lowest BCUT2D eigenvalue weighted by molar-refractivity contribution is 0.0952. The third-order valence-electron chi connectivity index (χ3n) is 2.48. The third-order valence-corrected chi connectivity index (χ3v) is 2.71. The van der Waals surface area contributed by atoms with Crippen molar-refractivity contribution in [3.63, 3.8) is 0 Å². The summed E-state index contributed by atoms with van der Waals surface area (Å²) >= 11 is 5.85. The smallest absolute Gasteiger partial charge is 0.251 e. The van der Waals surface area contributed by atoms with Gasteiger partial charge in [-0.2, -0.15) is 0 Å². The molecule has 0 bridgehead atoms. The van der Waals surface area contributed by atoms with Crippen molar-refractivity contribution in [2.45, 2.75) is 19.8 Å². The molecule has 0 atom stereocenters. The summed E-state index contributed by atoms with van der Waals surface area (Å²) in [6, 6.07) is 5.23. The number of benzene rings is 1. The molecule has 0 spiro atoms. The normalized spacial score (nSPS) is 9.67. The molecule has 1 aromatic rings. The van der Waals surface area contributed by atoms with Gasteiger partial charge in [-0.15, -0.1) is 0 Å². The second kappa shape index (κ2) is 7.58. The Labute approximate surface area is 111 Å². The van der Waals surface area contributed by atoms with Gasteiger partial charge in [0, 0.05) is 28.6 Å². The predicted molar refractivity (Wildman–Crippen MR) is 71.8 cm³/mol. The number of hydrogen-bond acceptors (Lipinski definition) is 2. The topological polar surface area (TPSA) is 77.9 Å². The second-order valence-corrected chi connectivity index (χ2v) is 4.31. The molecule has 18 heavy (non-hydrogen) atoms. The number of unbranched alkanes of at least 4 members (excludes halogenated alkanes) is 1. The van der Waals surface area contributed by atoms with E-state index in [1.165, 1.54) is 0 Å². The minimum atomic E-state index is -0.126. The summed E-state index contributed by atoms with van der Waals surface area (Å²) in [6.45, 7) is 2.89. The van der Waals surface area contributed by atoms with Crippen molar-refractivity contribution in [1.29, 1.82) is 0 Å². The zero-order chi connectivity index (χ0) is 13.4. The standard InChI is InChI=1S/C12H15ClN4O/c1-9-4-5-10(13)8-11(9)12(18)15-6-2-3-7-16-17-14/h4-5,8H,2-3,6-7H2,1H3,(H,15,18). The summed E-state index contributed by atoms with van der Waals surface area (Å²) in [5.41, 5.74) is 9.58. The Kier molecular flexibility index (Phi) is 6.05. The van der Waals surface area contributed by atoms with Crippen molar-refractivity contribution >= 4 is 17.5 Å². The van der Waals surface area contributed by atoms with E-state index in [-0.39, 0.29) is 5.91 Å². The Morgan fingerprint density at radius 3 is 3.00 bits per heavy atom. The number of amides is 1. The van der Waals surface area contributed by atoms with Crippen LogP contribution in [-0.4, -0.2) is 19.0 Å². The van der Waals surface area contributed by atoms with Gasteiger partial charge in [-0.1, -0.05) is 22.8 Å². The van der Waals surface area contributed by atoms with E-state index in [1.54, 1.807) is 12.1 Å². The molecule has 1 N–H and O–H groups in total. The maximum atomic E-state index is 11.9. The average molecular weight is 267 g/mol. The molecule has 0 unspecified atom stereocenters. The molecule has 0 fully saturated rings. The van der Waals surface area contributed by atoms with Crippen molar-refractivity contribution < 1.29 is 4.79 Å². The molecule has 0 aromatic heterocycles. The van der Waals surface area contributed by atoms with Crippen LogP contribution in [0.3, 0.4) is 0 Å². The summed E-state index contributed by atoms with van der Waals surface area (Å²) in [7, 11) is 0. The molecule has 0 saturated carbocycles. The predicted octanol–water partition coefficient (Wildman–Crippen LogP) is 3.47. The molecule has 0 aliphatic carbocycles. The van der Waals surface area contributed by atoms with Crippen molar-refractivity contribution in [3.8, 4) is 0 Å². The Balaban J connectivity index is 2.41. The fourth-order valence-electron chi connectivity index (χ4n) is 1.49. The Morgan fingerprint density at radius 1 is 1.50 bits per heavy atom. The molecule has 6 heteroatoms. The van der Waals surface area contributed by atoms with Gasteiger partial charge in [-0.05, 0) is 43.0 Å². The number of hydrogen-bond donors (Lipinski definition) is 1. The van der Waals surface area contributed by atoms with E-state index >= 15 is 0 Å². The van der Waals surface area contributed by atoms with Gasteiger partial charge in [0.25, 0.3) is 5.91 Å². The highest BCUT2D eigenvalue weighted by Gasteiger charge is 2.08. The van der Waals surface area contributed by atoms with Gasteiger partial charge < -0.3 is 5.32 Å². The Morgan fingerprint density at radius 2 is 2.28 bits per heavy atom. The van der Waals surface area contributed by atoms with E-state index in [0.29, 0.717) is 23.7 Å². The largest absolute Gasteiger partial charge is 0.352 e. The van der Waals surface area contributed by atoms with Crippen LogP contribution >= 0.6 is 11.6 Å². The number of aryl methyl sites for hydroxylation is 1. The first-order valence-electron chi connectivity index (χ1n) is 5.70. The minimum Gasteiger partial charge on any atom is -0.352 e. The fourth-order valence-corrected chi connectivity index (χ4v) is 1.66. The monoisotopic (exact) mass is 266 g/mol. The Bertz CT molecular complexity index is 469. The summed E-state index contributed by atoms with van der Waals surface area (Å²) in [5, 5.41) is 6.78. The molecule has 1 rings (SSSR count). The van der Waals surface area contributed by atoms with Gasteiger partial charge >= 0.3 is 0 Å². The highest BCUT2D eigenvalue weighted by molar-refractivity contribution is 6.31. The SMILES string of the molecule is Cc1ccc(Cl)cc1C(=O)NCCCCN=[N+]=[N-]. The number of rotatable bonds is 6. The molecule has 0 heterocycles. The van der Waals surface area contributed by atoms with Gasteiger partial charge in [-0.25, -0.2) is 0 Å². The molecular formula is C12H15ClN4O. The van der Waals surface area contributed by atoms with Crippen LogP contribution in [0.2, 0.25) is 5.02 Å². The van der Waals surface area contributed by atoms with Crippen LogP contribution in [0.1, 0.15) is 28.8 Å². The number of carbonyl (C=O) groups is 1. The maximum absolute atomic E-state index is 11.9. The third kappa shape index (κ3) is 4.65. The van der Waals surface area contributed by atoms with E-state index in [1.807, 2.05) is 13.0 Å². The lowest BCUT2D eigenvalue weighted by Gasteiger charge is -2.07. The summed E-state index contributed by atoms with van der Waals surface area (Å²) in [4.78, 5) is 14.5. The van der Waals surface area contributed by atoms with E-state index in [9.17, 15) is 4.79 Å². The quantitative estimate of drug-likeness (QED) is 0.364. The number of halogens is 1. The van der Waals surface area contributed by atoms with Crippen LogP contribution in [0.15, 0.2) is 23.3 Å². The first-order chi connectivity index (χ1) is 8.65. The van der Waals surface area contributed by atoms with E-state index in [4.69, 9.17) is 17.1 Å². The summed E-state index contributed by atoms with van der Waals surface area (Å²) in [5.74, 6) is -0.126. The highest BCUT2D eigenvalue weighted by atomic mass is 35.5. The van der Waals surface area contributed by atoms with Crippen molar-refractivity contribution in [2.75, 3.05) is 13.1 Å². The van der Waals surface area contributed by atoms with Crippen molar-refractivity contribution in [2.24, 2.45) is 5.11 Å². The van der Waals surface area contributed by atoms with E-state index in [0.717, 1.165) is 18.4 Å². The van der Waals surface area contributed by atoms with Gasteiger partial charge in [0.15, 0.2) is 0 Å². The maximum Gasteiger partial charge on any atom is 0.251 e. The molecule has 1 aromatic carbocycles. The van der Waals surface area contributed by atoms with Gasteiger partial charge in [-0.3, -0.25) is 4.79 Å². The molecular weight excluding hydrogens is 252 g/mol. The molecule has 0 aliphatic rings. The zero-order valence-corrected chi connectivity index (χ0v) is 10.9. The van der Waals surface area contributed by atoms with Gasteiger partial charge in [0.2, 0.25) is 0 Å². The second-order valence-electron chi connectivity index (χ2n) is 3.88. The van der Waals surface area contributed by atoms with E-state index < -0.39 is 0 Å². The number of nitrogens with one attached hydrogen (secondary N) is 1. The molecule has 96 valence electrons. The van der Waals surface area contributed by atoms with Crippen LogP contribution in [0.25, 0.3) is 10.4 Å². The molecule has 1 amide bonds. The molecule has 5 nitrogen and oxygen atoms in total. The highest BCUT2D eigenvalue weighted by Crippen LogP contribution is 2.15. The molecule has 0 aliphatic heterocycles. The lowest BCUT2D eigenvalue weighted by Crippen LogP contribution is -2.25. The first-order valence-corrected chi connectivity index (χ1v) is 6.08. The average Bonchev–Trinajstić information content (AvgIpc) is 2.36. The molecule has 0 radical (unpaired) electrons. The van der Waals surface area contributed by atoms with Crippen LogP contribution < -0.4 is 5.32 Å². The zero-order valence-electron chi connectivity index (χ0n) is 10.2. The van der Waals surface area contributed by atoms with Crippen molar-refractivity contribution in [1.82, 2.24) is 5.32 Å². The summed E-state index contributed by atoms with van der Waals surface area (Å²) in [6.07, 6.45) is 1.54. The van der Waals surface area contributed by atoms with Crippen LogP contribution in [-0.2, 0) is 0 Å². The van der Waals surface area contributed by atoms with Gasteiger partial charge in [0.1, 0.15) is 0 Å². The van der Waals surface area contributed by atoms with Crippen LogP contribution in [0.4, 0.5) is 0 Å². The summed E-state index contributed by atoms with van der Waals surface area (Å²) < 4.78 is 0. The van der Waals surface area contributed by atoms with Gasteiger partial charge in [0.05, 0.1) is 0 Å². The minimum absolute atomic E-state index is 0.126. The molecule has 0 saturated heterocycles. The van der Waals surface area contributed by atoms with Crippen LogP contribution in [0, 0.1) is 6.92 Å². The lowest BCUT2D eigenvalue weighted by atomic mass is 10.1. The fraction of sp³-hybridized carbons (Fsp3) is 0.417. The first kappa shape index (κ1) is 14.4. The number of nitrogens with zero attached hydrogens (tertiary/aromatic N) is 3.